The Morgan fingerprint density at radius 3 is 2.20 bits per heavy atom. The summed E-state index contributed by atoms with van der Waals surface area (Å²) in [5, 5.41) is 0.938. The molecule has 0 saturated heterocycles. The van der Waals surface area contributed by atoms with Crippen LogP contribution in [0.1, 0.15) is 29.7 Å². The van der Waals surface area contributed by atoms with E-state index in [1.54, 1.807) is 24.3 Å². The fourth-order valence-corrected chi connectivity index (χ4v) is 7.19. The maximum absolute atomic E-state index is 14.3. The van der Waals surface area contributed by atoms with Crippen LogP contribution in [0.4, 0.5) is 13.2 Å². The fraction of sp³-hybridized carbons (Fsp3) is 0.167. The average molecular weight is 791 g/mol. The van der Waals surface area contributed by atoms with Gasteiger partial charge in [0.2, 0.25) is 0 Å². The number of hydrogen-bond acceptors (Lipinski definition) is 6. The lowest BCUT2D eigenvalue weighted by Gasteiger charge is -2.26. The molecular formula is C30H19Br2Cl2F3N2O4S. The Labute approximate surface area is 279 Å². The van der Waals surface area contributed by atoms with Gasteiger partial charge in [0.1, 0.15) is 12.4 Å². The summed E-state index contributed by atoms with van der Waals surface area (Å²) in [6.45, 7) is 1.57. The van der Waals surface area contributed by atoms with Crippen LogP contribution in [0.3, 0.4) is 0 Å². The highest BCUT2D eigenvalue weighted by Crippen LogP contribution is 2.39. The van der Waals surface area contributed by atoms with Crippen molar-refractivity contribution in [3.8, 4) is 5.75 Å². The third-order valence-corrected chi connectivity index (χ3v) is 9.06. The molecule has 0 unspecified atom stereocenters. The lowest BCUT2D eigenvalue weighted by atomic mass is 9.95. The van der Waals surface area contributed by atoms with Crippen LogP contribution in [0.2, 0.25) is 10.0 Å². The number of carbonyl (C=O) groups excluding carboxylic acids is 1. The van der Waals surface area contributed by atoms with Gasteiger partial charge in [-0.3, -0.25) is 9.36 Å². The Morgan fingerprint density at radius 2 is 1.64 bits per heavy atom. The molecule has 1 aliphatic rings. The standard InChI is InChI=1S/C30H19Br2Cl2F3N2O4S/c1-2-42-28(41)23-24(17-5-9-19(34)10-6-17)39-27(40)22(44-29(39)38-26(23)30(35,36)37)13-16-11-20(31)25(21(32)12-16)43-14-15-3-7-18(33)8-4-15/h3-13,24H,2,14H2,1H3/b22-13-/t24-/m1/s1. The smallest absolute Gasteiger partial charge is 0.434 e. The maximum atomic E-state index is 14.3. The monoisotopic (exact) mass is 788 g/mol. The van der Waals surface area contributed by atoms with Crippen LogP contribution in [0.15, 0.2) is 90.7 Å². The number of allylic oxidation sites excluding steroid dienone is 1. The molecule has 44 heavy (non-hydrogen) atoms. The minimum atomic E-state index is -5.00. The van der Waals surface area contributed by atoms with E-state index < -0.39 is 35.0 Å². The first kappa shape index (κ1) is 32.5. The van der Waals surface area contributed by atoms with Gasteiger partial charge in [0, 0.05) is 10.0 Å². The average Bonchev–Trinajstić information content (AvgIpc) is 3.27. The summed E-state index contributed by atoms with van der Waals surface area (Å²) in [6, 6.07) is 15.0. The normalized spacial score (nSPS) is 15.2. The number of halogens is 7. The van der Waals surface area contributed by atoms with Crippen LogP contribution >= 0.6 is 66.4 Å². The Morgan fingerprint density at radius 1 is 1.05 bits per heavy atom. The fourth-order valence-electron chi connectivity index (χ4n) is 4.49. The molecule has 1 aromatic heterocycles. The van der Waals surface area contributed by atoms with E-state index in [2.05, 4.69) is 36.9 Å². The van der Waals surface area contributed by atoms with Crippen molar-refractivity contribution in [2.45, 2.75) is 25.7 Å². The summed E-state index contributed by atoms with van der Waals surface area (Å²) >= 11 is 19.7. The molecule has 0 bridgehead atoms. The second-order valence-corrected chi connectivity index (χ2v) is 12.9. The van der Waals surface area contributed by atoms with E-state index in [0.717, 1.165) is 21.5 Å². The van der Waals surface area contributed by atoms with Crippen molar-refractivity contribution in [1.82, 2.24) is 4.57 Å². The molecular weight excluding hydrogens is 772 g/mol. The van der Waals surface area contributed by atoms with E-state index >= 15 is 0 Å². The van der Waals surface area contributed by atoms with E-state index in [0.29, 0.717) is 30.3 Å². The predicted molar refractivity (Wildman–Crippen MR) is 170 cm³/mol. The highest BCUT2D eigenvalue weighted by atomic mass is 79.9. The lowest BCUT2D eigenvalue weighted by molar-refractivity contribution is -0.140. The molecule has 1 atom stereocenters. The van der Waals surface area contributed by atoms with Gasteiger partial charge in [-0.15, -0.1) is 0 Å². The molecule has 5 rings (SSSR count). The number of rotatable bonds is 7. The highest BCUT2D eigenvalue weighted by Gasteiger charge is 2.45. The van der Waals surface area contributed by atoms with E-state index in [4.69, 9.17) is 32.7 Å². The number of carbonyl (C=O) groups is 1. The topological polar surface area (TPSA) is 69.9 Å². The molecule has 1 aliphatic heterocycles. The van der Waals surface area contributed by atoms with Gasteiger partial charge in [-0.2, -0.15) is 13.2 Å². The maximum Gasteiger partial charge on any atom is 0.434 e. The number of alkyl halides is 3. The molecule has 3 aromatic carbocycles. The predicted octanol–water partition coefficient (Wildman–Crippen LogP) is 7.75. The Balaban J connectivity index is 1.61. The molecule has 0 aliphatic carbocycles. The molecule has 0 fully saturated rings. The van der Waals surface area contributed by atoms with Crippen LogP contribution in [-0.4, -0.2) is 23.3 Å². The van der Waals surface area contributed by atoms with Crippen LogP contribution in [0, 0.1) is 0 Å². The van der Waals surface area contributed by atoms with Crippen molar-refractivity contribution in [2.75, 3.05) is 6.61 Å². The molecule has 4 aromatic rings. The van der Waals surface area contributed by atoms with Gasteiger partial charge in [0.25, 0.3) is 5.56 Å². The first-order valence-corrected chi connectivity index (χ1v) is 15.9. The summed E-state index contributed by atoms with van der Waals surface area (Å²) in [6.07, 6.45) is -3.47. The molecule has 14 heteroatoms. The Bertz CT molecular complexity index is 1940. The van der Waals surface area contributed by atoms with E-state index in [1.165, 1.54) is 37.3 Å². The SMILES string of the molecule is CCOC(=O)C1=C(C(F)(F)F)N=c2s/c(=C\c3cc(Br)c(OCc4ccc(Cl)cc4)c(Br)c3)c(=O)n2[C@@H]1c1ccc(Cl)cc1. The molecule has 0 amide bonds. The Hall–Kier alpha value is -2.90. The number of ether oxygens (including phenoxy) is 2. The van der Waals surface area contributed by atoms with Crippen LogP contribution in [0.5, 0.6) is 5.75 Å². The molecule has 6 nitrogen and oxygen atoms in total. The van der Waals surface area contributed by atoms with Crippen LogP contribution < -0.4 is 19.6 Å². The van der Waals surface area contributed by atoms with Crippen LogP contribution in [-0.2, 0) is 16.1 Å². The van der Waals surface area contributed by atoms with Gasteiger partial charge in [0.15, 0.2) is 10.5 Å². The van der Waals surface area contributed by atoms with Gasteiger partial charge in [-0.25, -0.2) is 9.79 Å². The Kier molecular flexibility index (Phi) is 9.76. The number of benzene rings is 3. The lowest BCUT2D eigenvalue weighted by Crippen LogP contribution is -2.41. The van der Waals surface area contributed by atoms with Crippen molar-refractivity contribution in [1.29, 1.82) is 0 Å². The summed E-state index contributed by atoms with van der Waals surface area (Å²) in [4.78, 5) is 30.3. The van der Waals surface area contributed by atoms with Crippen molar-refractivity contribution in [3.63, 3.8) is 0 Å². The van der Waals surface area contributed by atoms with Gasteiger partial charge >= 0.3 is 12.1 Å². The van der Waals surface area contributed by atoms with Gasteiger partial charge in [0.05, 0.1) is 31.7 Å². The third-order valence-electron chi connectivity index (χ3n) is 6.40. The molecule has 0 saturated carbocycles. The molecule has 0 N–H and O–H groups in total. The quantitative estimate of drug-likeness (QED) is 0.180. The summed E-state index contributed by atoms with van der Waals surface area (Å²) in [5.74, 6) is -0.713. The first-order chi connectivity index (χ1) is 20.9. The van der Waals surface area contributed by atoms with Crippen molar-refractivity contribution in [2.24, 2.45) is 4.99 Å². The highest BCUT2D eigenvalue weighted by molar-refractivity contribution is 9.11. The number of thiazole rings is 1. The number of nitrogens with zero attached hydrogens (tertiary/aromatic N) is 2. The van der Waals surface area contributed by atoms with Gasteiger partial charge in [-0.05, 0) is 97.9 Å². The van der Waals surface area contributed by atoms with E-state index in [1.807, 2.05) is 12.1 Å². The zero-order chi connectivity index (χ0) is 31.8. The molecule has 228 valence electrons. The van der Waals surface area contributed by atoms with E-state index in [-0.39, 0.29) is 28.1 Å². The summed E-state index contributed by atoms with van der Waals surface area (Å²) in [7, 11) is 0. The van der Waals surface area contributed by atoms with Crippen molar-refractivity contribution < 1.29 is 27.4 Å². The van der Waals surface area contributed by atoms with Crippen LogP contribution in [0.25, 0.3) is 6.08 Å². The number of fused-ring (bicyclic) bond motifs is 1. The summed E-state index contributed by atoms with van der Waals surface area (Å²) < 4.78 is 56.2. The summed E-state index contributed by atoms with van der Waals surface area (Å²) in [5.41, 5.74) is -1.16. The zero-order valence-electron chi connectivity index (χ0n) is 22.4. The molecule has 2 heterocycles. The second kappa shape index (κ2) is 13.2. The van der Waals surface area contributed by atoms with Crippen molar-refractivity contribution in [3.05, 3.63) is 127 Å². The number of esters is 1. The molecule has 0 spiro atoms. The number of hydrogen-bond donors (Lipinski definition) is 0. The minimum absolute atomic E-state index is 0.1000. The van der Waals surface area contributed by atoms with Gasteiger partial charge < -0.3 is 9.47 Å². The largest absolute Gasteiger partial charge is 0.487 e. The third kappa shape index (κ3) is 6.84. The minimum Gasteiger partial charge on any atom is -0.487 e. The number of aromatic nitrogens is 1. The zero-order valence-corrected chi connectivity index (χ0v) is 27.9. The van der Waals surface area contributed by atoms with Crippen molar-refractivity contribution >= 4 is 78.4 Å². The van der Waals surface area contributed by atoms with Gasteiger partial charge in [-0.1, -0.05) is 58.8 Å². The van der Waals surface area contributed by atoms with E-state index in [9.17, 15) is 22.8 Å². The second-order valence-electron chi connectivity index (χ2n) is 9.34. The molecule has 0 radical (unpaired) electrons. The first-order valence-electron chi connectivity index (χ1n) is 12.8.